The average molecular weight is 368 g/mol. The van der Waals surface area contributed by atoms with Crippen molar-refractivity contribution in [1.82, 2.24) is 0 Å². The lowest BCUT2D eigenvalue weighted by Gasteiger charge is -2.12. The van der Waals surface area contributed by atoms with Crippen LogP contribution in [0.15, 0.2) is 42.5 Å². The minimum atomic E-state index is 0.500. The Labute approximate surface area is 153 Å². The molecular formula is C19H23Cl2NO2. The van der Waals surface area contributed by atoms with Gasteiger partial charge < -0.3 is 14.8 Å². The molecule has 0 unspecified atom stereocenters. The van der Waals surface area contributed by atoms with E-state index in [0.717, 1.165) is 24.5 Å². The average Bonchev–Trinajstić information content (AvgIpc) is 2.53. The van der Waals surface area contributed by atoms with E-state index < -0.39 is 0 Å². The van der Waals surface area contributed by atoms with Crippen molar-refractivity contribution in [3.63, 3.8) is 0 Å². The number of hydrogen-bond acceptors (Lipinski definition) is 3. The Morgan fingerprint density at radius 1 is 1.00 bits per heavy atom. The highest BCUT2D eigenvalue weighted by Crippen LogP contribution is 2.27. The highest BCUT2D eigenvalue weighted by Gasteiger charge is 2.02. The van der Waals surface area contributed by atoms with E-state index >= 15 is 0 Å². The first-order valence-corrected chi connectivity index (χ1v) is 8.85. The van der Waals surface area contributed by atoms with E-state index in [1.165, 1.54) is 0 Å². The fourth-order valence-corrected chi connectivity index (χ4v) is 2.52. The Kier molecular flexibility index (Phi) is 7.54. The van der Waals surface area contributed by atoms with Crippen molar-refractivity contribution in [1.29, 1.82) is 0 Å². The van der Waals surface area contributed by atoms with Gasteiger partial charge in [-0.3, -0.25) is 0 Å². The van der Waals surface area contributed by atoms with Crippen LogP contribution >= 0.6 is 23.2 Å². The zero-order valence-electron chi connectivity index (χ0n) is 14.0. The van der Waals surface area contributed by atoms with Gasteiger partial charge in [0, 0.05) is 23.3 Å². The molecule has 0 aliphatic rings. The van der Waals surface area contributed by atoms with E-state index in [4.69, 9.17) is 32.7 Å². The van der Waals surface area contributed by atoms with Crippen molar-refractivity contribution in [2.75, 3.05) is 25.1 Å². The normalized spacial score (nSPS) is 10.7. The maximum atomic E-state index is 6.07. The molecule has 0 atom stereocenters. The molecular weight excluding hydrogens is 345 g/mol. The van der Waals surface area contributed by atoms with E-state index in [2.05, 4.69) is 19.2 Å². The molecule has 0 aromatic heterocycles. The first-order chi connectivity index (χ1) is 11.5. The summed E-state index contributed by atoms with van der Waals surface area (Å²) in [5.74, 6) is 2.15. The molecule has 0 bridgehead atoms. The van der Waals surface area contributed by atoms with Crippen LogP contribution in [0.1, 0.15) is 20.3 Å². The quantitative estimate of drug-likeness (QED) is 0.558. The van der Waals surface area contributed by atoms with Crippen LogP contribution in [0.2, 0.25) is 10.0 Å². The Balaban J connectivity index is 1.75. The van der Waals surface area contributed by atoms with Crippen LogP contribution in [-0.4, -0.2) is 19.8 Å². The third-order valence-corrected chi connectivity index (χ3v) is 3.91. The third kappa shape index (κ3) is 6.50. The second-order valence-electron chi connectivity index (χ2n) is 5.91. The van der Waals surface area contributed by atoms with Gasteiger partial charge in [0.2, 0.25) is 0 Å². The van der Waals surface area contributed by atoms with E-state index in [0.29, 0.717) is 34.9 Å². The Morgan fingerprint density at radius 3 is 2.58 bits per heavy atom. The molecule has 130 valence electrons. The minimum absolute atomic E-state index is 0.500. The fourth-order valence-electron chi connectivity index (χ4n) is 2.06. The van der Waals surface area contributed by atoms with Crippen molar-refractivity contribution in [2.45, 2.75) is 20.3 Å². The monoisotopic (exact) mass is 367 g/mol. The highest BCUT2D eigenvalue weighted by atomic mass is 35.5. The SMILES string of the molecule is CC(C)CCOc1cccc(NCCOc2ccc(Cl)cc2Cl)c1. The van der Waals surface area contributed by atoms with Crippen LogP contribution in [-0.2, 0) is 0 Å². The number of nitrogens with one attached hydrogen (secondary N) is 1. The molecule has 0 amide bonds. The van der Waals surface area contributed by atoms with Gasteiger partial charge in [-0.05, 0) is 42.7 Å². The number of rotatable bonds is 9. The molecule has 24 heavy (non-hydrogen) atoms. The van der Waals surface area contributed by atoms with Gasteiger partial charge in [0.25, 0.3) is 0 Å². The zero-order chi connectivity index (χ0) is 17.4. The summed E-state index contributed by atoms with van der Waals surface area (Å²) in [6.45, 7) is 6.27. The number of benzene rings is 2. The zero-order valence-corrected chi connectivity index (χ0v) is 15.5. The molecule has 0 radical (unpaired) electrons. The lowest BCUT2D eigenvalue weighted by Crippen LogP contribution is -2.11. The first kappa shape index (κ1) is 18.8. The van der Waals surface area contributed by atoms with Gasteiger partial charge in [-0.2, -0.15) is 0 Å². The second-order valence-corrected chi connectivity index (χ2v) is 6.75. The summed E-state index contributed by atoms with van der Waals surface area (Å²) in [4.78, 5) is 0. The first-order valence-electron chi connectivity index (χ1n) is 8.09. The molecule has 0 fully saturated rings. The molecule has 2 aromatic rings. The van der Waals surface area contributed by atoms with Crippen LogP contribution < -0.4 is 14.8 Å². The number of ether oxygens (including phenoxy) is 2. The summed E-state index contributed by atoms with van der Waals surface area (Å²) in [6, 6.07) is 13.1. The van der Waals surface area contributed by atoms with E-state index in [-0.39, 0.29) is 0 Å². The largest absolute Gasteiger partial charge is 0.494 e. The summed E-state index contributed by atoms with van der Waals surface area (Å²) >= 11 is 11.9. The Morgan fingerprint density at radius 2 is 1.83 bits per heavy atom. The lowest BCUT2D eigenvalue weighted by atomic mass is 10.1. The van der Waals surface area contributed by atoms with E-state index in [9.17, 15) is 0 Å². The summed E-state index contributed by atoms with van der Waals surface area (Å²) in [6.07, 6.45) is 1.05. The minimum Gasteiger partial charge on any atom is -0.494 e. The van der Waals surface area contributed by atoms with Crippen LogP contribution in [0.5, 0.6) is 11.5 Å². The molecule has 5 heteroatoms. The fraction of sp³-hybridized carbons (Fsp3) is 0.368. The molecule has 1 N–H and O–H groups in total. The van der Waals surface area contributed by atoms with Gasteiger partial charge in [0.15, 0.2) is 0 Å². The van der Waals surface area contributed by atoms with Crippen molar-refractivity contribution in [2.24, 2.45) is 5.92 Å². The summed E-state index contributed by atoms with van der Waals surface area (Å²) in [5.41, 5.74) is 1.00. The summed E-state index contributed by atoms with van der Waals surface area (Å²) < 4.78 is 11.4. The van der Waals surface area contributed by atoms with E-state index in [1.807, 2.05) is 24.3 Å². The number of anilines is 1. The molecule has 0 aliphatic heterocycles. The van der Waals surface area contributed by atoms with Crippen molar-refractivity contribution in [3.05, 3.63) is 52.5 Å². The van der Waals surface area contributed by atoms with Crippen LogP contribution in [0.25, 0.3) is 0 Å². The van der Waals surface area contributed by atoms with Crippen LogP contribution in [0.4, 0.5) is 5.69 Å². The molecule has 0 spiro atoms. The number of halogens is 2. The predicted octanol–water partition coefficient (Wildman–Crippen LogP) is 5.91. The number of hydrogen-bond donors (Lipinski definition) is 1. The summed E-state index contributed by atoms with van der Waals surface area (Å²) in [7, 11) is 0. The topological polar surface area (TPSA) is 30.5 Å². The molecule has 0 heterocycles. The molecule has 2 aromatic carbocycles. The maximum Gasteiger partial charge on any atom is 0.138 e. The molecule has 0 saturated heterocycles. The van der Waals surface area contributed by atoms with Crippen LogP contribution in [0.3, 0.4) is 0 Å². The van der Waals surface area contributed by atoms with Crippen molar-refractivity contribution in [3.8, 4) is 11.5 Å². The van der Waals surface area contributed by atoms with Crippen molar-refractivity contribution < 1.29 is 9.47 Å². The van der Waals surface area contributed by atoms with Gasteiger partial charge in [0.1, 0.15) is 18.1 Å². The summed E-state index contributed by atoms with van der Waals surface area (Å²) in [5, 5.41) is 4.42. The van der Waals surface area contributed by atoms with E-state index in [1.54, 1.807) is 18.2 Å². The molecule has 3 nitrogen and oxygen atoms in total. The molecule has 0 saturated carbocycles. The third-order valence-electron chi connectivity index (χ3n) is 3.38. The Bertz CT molecular complexity index is 647. The van der Waals surface area contributed by atoms with Gasteiger partial charge in [-0.15, -0.1) is 0 Å². The molecule has 0 aliphatic carbocycles. The maximum absolute atomic E-state index is 6.07. The van der Waals surface area contributed by atoms with Gasteiger partial charge in [0.05, 0.1) is 11.6 Å². The van der Waals surface area contributed by atoms with Crippen molar-refractivity contribution >= 4 is 28.9 Å². The standard InChI is InChI=1S/C19H23Cl2NO2/c1-14(2)8-10-23-17-5-3-4-16(13-17)22-9-11-24-19-7-6-15(20)12-18(19)21/h3-7,12-14,22H,8-11H2,1-2H3. The van der Waals surface area contributed by atoms with Gasteiger partial charge >= 0.3 is 0 Å². The lowest BCUT2D eigenvalue weighted by molar-refractivity contribution is 0.289. The van der Waals surface area contributed by atoms with Crippen LogP contribution in [0, 0.1) is 5.92 Å². The molecule has 2 rings (SSSR count). The smallest absolute Gasteiger partial charge is 0.138 e. The van der Waals surface area contributed by atoms with Gasteiger partial charge in [-0.1, -0.05) is 43.1 Å². The Hall–Kier alpha value is -1.58. The highest BCUT2D eigenvalue weighted by molar-refractivity contribution is 6.35. The second kappa shape index (κ2) is 9.65. The van der Waals surface area contributed by atoms with Gasteiger partial charge in [-0.25, -0.2) is 0 Å². The predicted molar refractivity (Wildman–Crippen MR) is 102 cm³/mol.